The van der Waals surface area contributed by atoms with Gasteiger partial charge in [0.1, 0.15) is 0 Å². The second kappa shape index (κ2) is 16.3. The number of nitrogens with zero attached hydrogens (tertiary/aromatic N) is 3. The molecule has 6 N–H and O–H groups in total. The third-order valence-corrected chi connectivity index (χ3v) is 6.32. The molecule has 0 rings (SSSR count). The first-order valence-corrected chi connectivity index (χ1v) is 12.8. The maximum atomic E-state index is 12.5. The monoisotopic (exact) mass is 573 g/mol. The Hall–Kier alpha value is -2.66. The van der Waals surface area contributed by atoms with Crippen LogP contribution in [-0.2, 0) is 37.6 Å². The van der Waals surface area contributed by atoms with Gasteiger partial charge in [0.15, 0.2) is 0 Å². The molecule has 0 bridgehead atoms. The van der Waals surface area contributed by atoms with E-state index in [4.69, 9.17) is 19.3 Å². The van der Waals surface area contributed by atoms with E-state index in [0.717, 1.165) is 9.80 Å². The van der Waals surface area contributed by atoms with Gasteiger partial charge in [0, 0.05) is 25.7 Å². The zero-order valence-corrected chi connectivity index (χ0v) is 22.3. The Morgan fingerprint density at radius 1 is 0.763 bits per heavy atom. The Kier molecular flexibility index (Phi) is 15.2. The van der Waals surface area contributed by atoms with Crippen molar-refractivity contribution in [3.8, 4) is 0 Å². The van der Waals surface area contributed by atoms with Crippen LogP contribution in [0.1, 0.15) is 27.2 Å². The summed E-state index contributed by atoms with van der Waals surface area (Å²) in [6.45, 7) is -0.581. The van der Waals surface area contributed by atoms with Gasteiger partial charge in [-0.25, -0.2) is 4.57 Å². The molecular weight excluding hydrogens is 537 g/mol. The standard InChI is InChI=1S/C20H36N3O14P/c1-4-20(2,3)37-38(34,35)36-13-14(23(11-18(30)31)12-19(32)33)7-21(8-15(24)25)5-6-22(9-16(26)27)10-17(28)29/h14H,4-13H2,1-3H3,(H,24,25)(H,26,27)(H,28,29)(H,30,31)(H,32,33)(H,34,35). The molecule has 0 aliphatic carbocycles. The Balaban J connectivity index is 5.97. The van der Waals surface area contributed by atoms with Crippen LogP contribution >= 0.6 is 7.82 Å². The first-order valence-electron chi connectivity index (χ1n) is 11.3. The van der Waals surface area contributed by atoms with Crippen molar-refractivity contribution in [1.82, 2.24) is 14.7 Å². The van der Waals surface area contributed by atoms with E-state index in [9.17, 15) is 48.8 Å². The van der Waals surface area contributed by atoms with Crippen molar-refractivity contribution in [2.75, 3.05) is 59.0 Å². The molecule has 0 aromatic carbocycles. The molecule has 0 heterocycles. The molecule has 0 aromatic heterocycles. The van der Waals surface area contributed by atoms with Crippen molar-refractivity contribution in [2.24, 2.45) is 0 Å². The van der Waals surface area contributed by atoms with Gasteiger partial charge in [-0.3, -0.25) is 47.7 Å². The van der Waals surface area contributed by atoms with Crippen LogP contribution < -0.4 is 0 Å². The van der Waals surface area contributed by atoms with Crippen LogP contribution in [0.25, 0.3) is 0 Å². The van der Waals surface area contributed by atoms with Gasteiger partial charge in [0.25, 0.3) is 0 Å². The third kappa shape index (κ3) is 17.0. The lowest BCUT2D eigenvalue weighted by molar-refractivity contribution is -0.145. The van der Waals surface area contributed by atoms with E-state index in [1.165, 1.54) is 18.7 Å². The molecule has 0 saturated carbocycles. The molecule has 17 nitrogen and oxygen atoms in total. The molecule has 0 aromatic rings. The third-order valence-electron chi connectivity index (χ3n) is 5.12. The smallest absolute Gasteiger partial charge is 0.472 e. The summed E-state index contributed by atoms with van der Waals surface area (Å²) in [6, 6.07) is -1.26. The molecular formula is C20H36N3O14P. The number of hydrogen-bond donors (Lipinski definition) is 6. The highest BCUT2D eigenvalue weighted by Gasteiger charge is 2.34. The lowest BCUT2D eigenvalue weighted by Crippen LogP contribution is -2.52. The maximum Gasteiger partial charge on any atom is 0.472 e. The molecule has 2 atom stereocenters. The molecule has 0 saturated heterocycles. The minimum atomic E-state index is -4.72. The van der Waals surface area contributed by atoms with Crippen molar-refractivity contribution in [2.45, 2.75) is 38.8 Å². The highest BCUT2D eigenvalue weighted by Crippen LogP contribution is 2.48. The summed E-state index contributed by atoms with van der Waals surface area (Å²) in [7, 11) is -4.72. The SMILES string of the molecule is CCC(C)(C)OP(=O)(O)OCC(CN(CCN(CC(=O)O)CC(=O)O)CC(=O)O)N(CC(=O)O)CC(=O)O. The normalized spacial score (nSPS) is 14.4. The Morgan fingerprint density at radius 2 is 1.16 bits per heavy atom. The average Bonchev–Trinajstić information content (AvgIpc) is 2.71. The zero-order chi connectivity index (χ0) is 29.7. The van der Waals surface area contributed by atoms with Crippen LogP contribution in [0.15, 0.2) is 0 Å². The van der Waals surface area contributed by atoms with Gasteiger partial charge in [0.05, 0.1) is 44.9 Å². The van der Waals surface area contributed by atoms with E-state index in [-0.39, 0.29) is 13.1 Å². The molecule has 0 aliphatic heterocycles. The summed E-state index contributed by atoms with van der Waals surface area (Å²) in [5.74, 6) is -6.89. The van der Waals surface area contributed by atoms with E-state index in [1.54, 1.807) is 6.92 Å². The highest BCUT2D eigenvalue weighted by molar-refractivity contribution is 7.47. The average molecular weight is 573 g/mol. The van der Waals surface area contributed by atoms with Crippen LogP contribution in [-0.4, -0.2) is 146 Å². The lowest BCUT2D eigenvalue weighted by Gasteiger charge is -2.34. The summed E-state index contributed by atoms with van der Waals surface area (Å²) < 4.78 is 22.6. The van der Waals surface area contributed by atoms with E-state index in [2.05, 4.69) is 0 Å². The number of aliphatic carboxylic acids is 5. The van der Waals surface area contributed by atoms with Gasteiger partial charge in [-0.15, -0.1) is 0 Å². The minimum absolute atomic E-state index is 0.229. The fraction of sp³-hybridized carbons (Fsp3) is 0.750. The number of phosphoric acid groups is 1. The summed E-state index contributed by atoms with van der Waals surface area (Å²) in [4.78, 5) is 69.5. The van der Waals surface area contributed by atoms with Gasteiger partial charge in [-0.1, -0.05) is 6.92 Å². The van der Waals surface area contributed by atoms with E-state index >= 15 is 0 Å². The second-order valence-corrected chi connectivity index (χ2v) is 10.3. The fourth-order valence-corrected chi connectivity index (χ4v) is 4.29. The molecule has 38 heavy (non-hydrogen) atoms. The van der Waals surface area contributed by atoms with Crippen molar-refractivity contribution in [3.63, 3.8) is 0 Å². The quantitative estimate of drug-likeness (QED) is 0.0850. The Bertz CT molecular complexity index is 851. The van der Waals surface area contributed by atoms with Crippen LogP contribution in [0.3, 0.4) is 0 Å². The summed E-state index contributed by atoms with van der Waals surface area (Å²) in [6.07, 6.45) is 0.323. The predicted octanol–water partition coefficient (Wildman–Crippen LogP) is -0.994. The van der Waals surface area contributed by atoms with Crippen molar-refractivity contribution in [3.05, 3.63) is 0 Å². The molecule has 2 unspecified atom stereocenters. The van der Waals surface area contributed by atoms with Crippen molar-refractivity contribution < 1.29 is 68.0 Å². The lowest BCUT2D eigenvalue weighted by atomic mass is 10.1. The first kappa shape index (κ1) is 35.3. The van der Waals surface area contributed by atoms with Crippen molar-refractivity contribution >= 4 is 37.7 Å². The maximum absolute atomic E-state index is 12.5. The number of carboxylic acids is 5. The van der Waals surface area contributed by atoms with Gasteiger partial charge < -0.3 is 30.4 Å². The first-order chi connectivity index (χ1) is 17.4. The number of rotatable bonds is 22. The number of phosphoric ester groups is 1. The van der Waals surface area contributed by atoms with Gasteiger partial charge in [-0.2, -0.15) is 0 Å². The molecule has 0 aliphatic rings. The summed E-state index contributed by atoms with van der Waals surface area (Å²) in [5, 5.41) is 45.8. The van der Waals surface area contributed by atoms with Crippen LogP contribution in [0.5, 0.6) is 0 Å². The highest BCUT2D eigenvalue weighted by atomic mass is 31.2. The van der Waals surface area contributed by atoms with E-state index < -0.39 is 95.2 Å². The topological polar surface area (TPSA) is 252 Å². The molecule has 0 fully saturated rings. The summed E-state index contributed by atoms with van der Waals surface area (Å²) >= 11 is 0. The predicted molar refractivity (Wildman–Crippen MR) is 128 cm³/mol. The molecule has 0 spiro atoms. The summed E-state index contributed by atoms with van der Waals surface area (Å²) in [5.41, 5.74) is -1.07. The number of carboxylic acid groups (broad SMARTS) is 5. The van der Waals surface area contributed by atoms with Gasteiger partial charge in [-0.05, 0) is 20.3 Å². The van der Waals surface area contributed by atoms with E-state index in [1.807, 2.05) is 0 Å². The fourth-order valence-electron chi connectivity index (χ4n) is 3.12. The molecule has 220 valence electrons. The number of hydrogen-bond acceptors (Lipinski definition) is 11. The van der Waals surface area contributed by atoms with Crippen LogP contribution in [0.4, 0.5) is 0 Å². The molecule has 0 amide bonds. The molecule has 0 radical (unpaired) electrons. The number of carbonyl (C=O) groups is 5. The molecule has 18 heteroatoms. The van der Waals surface area contributed by atoms with Crippen molar-refractivity contribution in [1.29, 1.82) is 0 Å². The van der Waals surface area contributed by atoms with Crippen LogP contribution in [0.2, 0.25) is 0 Å². The Morgan fingerprint density at radius 3 is 1.55 bits per heavy atom. The van der Waals surface area contributed by atoms with Crippen LogP contribution in [0, 0.1) is 0 Å². The largest absolute Gasteiger partial charge is 0.480 e. The van der Waals surface area contributed by atoms with Gasteiger partial charge >= 0.3 is 37.7 Å². The Labute approximate surface area is 218 Å². The van der Waals surface area contributed by atoms with Gasteiger partial charge in [0.2, 0.25) is 0 Å². The van der Waals surface area contributed by atoms with E-state index in [0.29, 0.717) is 6.42 Å². The second-order valence-electron chi connectivity index (χ2n) is 8.94. The zero-order valence-electron chi connectivity index (χ0n) is 21.4. The minimum Gasteiger partial charge on any atom is -0.480 e.